The number of anilines is 1. The molecule has 1 fully saturated rings. The smallest absolute Gasteiger partial charge is 0.258 e. The quantitative estimate of drug-likeness (QED) is 0.827. The molecule has 1 aliphatic rings. The fourth-order valence-corrected chi connectivity index (χ4v) is 2.52. The molecule has 1 aromatic rings. The van der Waals surface area contributed by atoms with Crippen molar-refractivity contribution in [1.82, 2.24) is 15.2 Å². The van der Waals surface area contributed by atoms with Gasteiger partial charge in [-0.2, -0.15) is 0 Å². The number of carbonyl (C=O) groups is 2. The molecule has 0 unspecified atom stereocenters. The summed E-state index contributed by atoms with van der Waals surface area (Å²) < 4.78 is 5.35. The van der Waals surface area contributed by atoms with E-state index in [2.05, 4.69) is 15.2 Å². The molecule has 7 heteroatoms. The molecule has 1 aromatic heterocycles. The Morgan fingerprint density at radius 3 is 2.74 bits per heavy atom. The highest BCUT2D eigenvalue weighted by atomic mass is 16.5. The average Bonchev–Trinajstić information content (AvgIpc) is 2.60. The average molecular weight is 320 g/mol. The van der Waals surface area contributed by atoms with Crippen molar-refractivity contribution >= 4 is 17.6 Å². The number of nitrogens with zero attached hydrogens (tertiary/aromatic N) is 3. The highest BCUT2D eigenvalue weighted by Gasteiger charge is 2.24. The molecule has 1 N–H and O–H groups in total. The summed E-state index contributed by atoms with van der Waals surface area (Å²) in [6.07, 6.45) is 1.68. The molecule has 0 atom stereocenters. The van der Waals surface area contributed by atoms with E-state index >= 15 is 0 Å². The number of nitrogens with one attached hydrogen (secondary N) is 1. The topological polar surface area (TPSA) is 74.8 Å². The second-order valence-corrected chi connectivity index (χ2v) is 5.25. The van der Waals surface area contributed by atoms with E-state index in [4.69, 9.17) is 4.74 Å². The normalized spacial score (nSPS) is 14.4. The third kappa shape index (κ3) is 4.41. The molecule has 0 saturated carbocycles. The Morgan fingerprint density at radius 2 is 2.09 bits per heavy atom. The summed E-state index contributed by atoms with van der Waals surface area (Å²) >= 11 is 0. The molecule has 0 aliphatic carbocycles. The minimum atomic E-state index is -0.173. The van der Waals surface area contributed by atoms with Gasteiger partial charge in [0.25, 0.3) is 5.91 Å². The maximum absolute atomic E-state index is 12.8. The first-order valence-corrected chi connectivity index (χ1v) is 8.01. The second kappa shape index (κ2) is 8.47. The molecule has 0 aromatic carbocycles. The molecule has 0 bridgehead atoms. The number of rotatable bonds is 6. The van der Waals surface area contributed by atoms with E-state index in [9.17, 15) is 9.59 Å². The minimum absolute atomic E-state index is 0.0562. The number of morpholine rings is 1. The molecule has 1 aliphatic heterocycles. The van der Waals surface area contributed by atoms with Crippen molar-refractivity contribution in [3.63, 3.8) is 0 Å². The van der Waals surface area contributed by atoms with Crippen LogP contribution in [0.2, 0.25) is 0 Å². The number of amides is 2. The molecule has 2 amide bonds. The lowest BCUT2D eigenvalue weighted by Gasteiger charge is -2.30. The van der Waals surface area contributed by atoms with Gasteiger partial charge in [-0.25, -0.2) is 4.98 Å². The Bertz CT molecular complexity index is 544. The summed E-state index contributed by atoms with van der Waals surface area (Å²) in [5, 5.41) is 2.72. The first-order chi connectivity index (χ1) is 11.2. The van der Waals surface area contributed by atoms with Crippen LogP contribution in [0.15, 0.2) is 18.3 Å². The zero-order chi connectivity index (χ0) is 16.7. The summed E-state index contributed by atoms with van der Waals surface area (Å²) in [7, 11) is 0. The van der Waals surface area contributed by atoms with Gasteiger partial charge in [-0.15, -0.1) is 0 Å². The molecule has 0 spiro atoms. The van der Waals surface area contributed by atoms with E-state index in [1.807, 2.05) is 13.8 Å². The van der Waals surface area contributed by atoms with Crippen LogP contribution >= 0.6 is 0 Å². The summed E-state index contributed by atoms with van der Waals surface area (Å²) in [4.78, 5) is 32.6. The molecule has 126 valence electrons. The molecule has 2 rings (SSSR count). The largest absolute Gasteiger partial charge is 0.378 e. The molecule has 23 heavy (non-hydrogen) atoms. The highest BCUT2D eigenvalue weighted by molar-refractivity contribution is 6.00. The fourth-order valence-electron chi connectivity index (χ4n) is 2.52. The van der Waals surface area contributed by atoms with Crippen molar-refractivity contribution in [2.75, 3.05) is 50.8 Å². The van der Waals surface area contributed by atoms with Crippen molar-refractivity contribution in [2.45, 2.75) is 13.8 Å². The van der Waals surface area contributed by atoms with Gasteiger partial charge < -0.3 is 19.9 Å². The Hall–Kier alpha value is -2.15. The van der Waals surface area contributed by atoms with Crippen LogP contribution in [0, 0.1) is 0 Å². The van der Waals surface area contributed by atoms with E-state index < -0.39 is 0 Å². The Balaban J connectivity index is 2.18. The van der Waals surface area contributed by atoms with Gasteiger partial charge in [0.05, 0.1) is 25.3 Å². The first-order valence-electron chi connectivity index (χ1n) is 8.01. The number of carbonyl (C=O) groups excluding carboxylic acids is 2. The van der Waals surface area contributed by atoms with Gasteiger partial charge >= 0.3 is 0 Å². The van der Waals surface area contributed by atoms with Crippen LogP contribution in [-0.4, -0.2) is 67.6 Å². The van der Waals surface area contributed by atoms with Gasteiger partial charge in [-0.3, -0.25) is 9.59 Å². The summed E-state index contributed by atoms with van der Waals surface area (Å²) in [5.74, 6) is 0.336. The summed E-state index contributed by atoms with van der Waals surface area (Å²) in [5.41, 5.74) is 0.528. The van der Waals surface area contributed by atoms with Crippen LogP contribution in [0.3, 0.4) is 0 Å². The first kappa shape index (κ1) is 17.2. The van der Waals surface area contributed by atoms with Gasteiger partial charge in [0, 0.05) is 32.4 Å². The van der Waals surface area contributed by atoms with E-state index in [0.29, 0.717) is 50.8 Å². The highest BCUT2D eigenvalue weighted by Crippen LogP contribution is 2.20. The lowest BCUT2D eigenvalue weighted by Crippen LogP contribution is -2.42. The third-order valence-corrected chi connectivity index (χ3v) is 3.71. The van der Waals surface area contributed by atoms with Crippen LogP contribution in [0.1, 0.15) is 24.2 Å². The maximum Gasteiger partial charge on any atom is 0.258 e. The van der Waals surface area contributed by atoms with Crippen molar-refractivity contribution in [3.8, 4) is 0 Å². The molecule has 1 saturated heterocycles. The van der Waals surface area contributed by atoms with Gasteiger partial charge in [0.1, 0.15) is 5.82 Å². The molecular weight excluding hydrogens is 296 g/mol. The summed E-state index contributed by atoms with van der Waals surface area (Å²) in [6.45, 7) is 7.46. The van der Waals surface area contributed by atoms with Crippen molar-refractivity contribution in [1.29, 1.82) is 0 Å². The number of pyridine rings is 1. The van der Waals surface area contributed by atoms with Crippen LogP contribution in [-0.2, 0) is 9.53 Å². The van der Waals surface area contributed by atoms with E-state index in [1.54, 1.807) is 18.3 Å². The zero-order valence-electron chi connectivity index (χ0n) is 13.7. The van der Waals surface area contributed by atoms with Gasteiger partial charge in [0.15, 0.2) is 0 Å². The van der Waals surface area contributed by atoms with Crippen LogP contribution in [0.25, 0.3) is 0 Å². The summed E-state index contributed by atoms with van der Waals surface area (Å²) in [6, 6.07) is 3.51. The molecule has 2 heterocycles. The van der Waals surface area contributed by atoms with E-state index in [-0.39, 0.29) is 18.4 Å². The number of likely N-dealkylation sites (N-methyl/N-ethyl adjacent to an activating group) is 2. The molecule has 0 radical (unpaired) electrons. The zero-order valence-corrected chi connectivity index (χ0v) is 13.7. The predicted octanol–water partition coefficient (Wildman–Crippen LogP) is 0.516. The Morgan fingerprint density at radius 1 is 1.35 bits per heavy atom. The number of aromatic nitrogens is 1. The standard InChI is InChI=1S/C16H24N4O3/c1-3-17-14(21)12-19(4-2)16(22)13-6-5-7-18-15(13)20-8-10-23-11-9-20/h5-7H,3-4,8-12H2,1-2H3,(H,17,21). The lowest BCUT2D eigenvalue weighted by molar-refractivity contribution is -0.121. The van der Waals surface area contributed by atoms with Crippen molar-refractivity contribution < 1.29 is 14.3 Å². The van der Waals surface area contributed by atoms with Gasteiger partial charge in [0.2, 0.25) is 5.91 Å². The van der Waals surface area contributed by atoms with Crippen molar-refractivity contribution in [3.05, 3.63) is 23.9 Å². The number of hydrogen-bond donors (Lipinski definition) is 1. The predicted molar refractivity (Wildman–Crippen MR) is 87.5 cm³/mol. The number of ether oxygens (including phenoxy) is 1. The third-order valence-electron chi connectivity index (χ3n) is 3.71. The molecular formula is C16H24N4O3. The van der Waals surface area contributed by atoms with Gasteiger partial charge in [-0.05, 0) is 26.0 Å². The monoisotopic (exact) mass is 320 g/mol. The minimum Gasteiger partial charge on any atom is -0.378 e. The maximum atomic E-state index is 12.8. The van der Waals surface area contributed by atoms with E-state index in [0.717, 1.165) is 0 Å². The fraction of sp³-hybridized carbons (Fsp3) is 0.562. The van der Waals surface area contributed by atoms with Crippen molar-refractivity contribution in [2.24, 2.45) is 0 Å². The van der Waals surface area contributed by atoms with E-state index in [1.165, 1.54) is 4.90 Å². The van der Waals surface area contributed by atoms with Gasteiger partial charge in [-0.1, -0.05) is 0 Å². The second-order valence-electron chi connectivity index (χ2n) is 5.25. The molecule has 7 nitrogen and oxygen atoms in total. The van der Waals surface area contributed by atoms with Crippen LogP contribution in [0.5, 0.6) is 0 Å². The Labute approximate surface area is 136 Å². The lowest BCUT2D eigenvalue weighted by atomic mass is 10.2. The Kier molecular flexibility index (Phi) is 6.34. The SMILES string of the molecule is CCNC(=O)CN(CC)C(=O)c1cccnc1N1CCOCC1. The van der Waals surface area contributed by atoms with Crippen LogP contribution in [0.4, 0.5) is 5.82 Å². The number of hydrogen-bond acceptors (Lipinski definition) is 5. The van der Waals surface area contributed by atoms with Crippen LogP contribution < -0.4 is 10.2 Å².